The zero-order valence-electron chi connectivity index (χ0n) is 14.0. The Hall–Kier alpha value is -2.71. The summed E-state index contributed by atoms with van der Waals surface area (Å²) in [4.78, 5) is 21.1. The Bertz CT molecular complexity index is 990. The highest BCUT2D eigenvalue weighted by Crippen LogP contribution is 2.25. The lowest BCUT2D eigenvalue weighted by molar-refractivity contribution is 0.0978. The summed E-state index contributed by atoms with van der Waals surface area (Å²) in [5, 5.41) is 0.283. The van der Waals surface area contributed by atoms with Crippen molar-refractivity contribution in [2.75, 3.05) is 7.11 Å². The van der Waals surface area contributed by atoms with Crippen LogP contribution in [0.2, 0.25) is 5.15 Å². The number of rotatable bonds is 5. The van der Waals surface area contributed by atoms with E-state index >= 15 is 0 Å². The fourth-order valence-corrected chi connectivity index (χ4v) is 3.47. The van der Waals surface area contributed by atoms with Gasteiger partial charge >= 0.3 is 0 Å². The highest BCUT2D eigenvalue weighted by atomic mass is 35.5. The van der Waals surface area contributed by atoms with Gasteiger partial charge in [-0.25, -0.2) is 14.2 Å². The van der Waals surface area contributed by atoms with Gasteiger partial charge in [-0.1, -0.05) is 23.7 Å². The van der Waals surface area contributed by atoms with Gasteiger partial charge in [-0.05, 0) is 24.3 Å². The summed E-state index contributed by atoms with van der Waals surface area (Å²) >= 11 is 6.09. The van der Waals surface area contributed by atoms with Gasteiger partial charge < -0.3 is 9.30 Å². The van der Waals surface area contributed by atoms with Crippen LogP contribution in [0.3, 0.4) is 0 Å². The summed E-state index contributed by atoms with van der Waals surface area (Å²) in [7, 11) is 1.42. The second-order valence-corrected chi connectivity index (χ2v) is 6.79. The number of amides is 1. The predicted molar refractivity (Wildman–Crippen MR) is 98.3 cm³/mol. The SMILES string of the molecule is COc1ccccc1S(=O)NC(=O)c1cn(C)c(-c2cccnc2Cl)n1. The molecular weight excluding hydrogens is 376 g/mol. The van der Waals surface area contributed by atoms with Crippen LogP contribution < -0.4 is 9.46 Å². The molecule has 0 bridgehead atoms. The molecular formula is C17H15ClN4O3S. The zero-order chi connectivity index (χ0) is 18.7. The lowest BCUT2D eigenvalue weighted by Gasteiger charge is -2.07. The van der Waals surface area contributed by atoms with Crippen LogP contribution in [-0.4, -0.2) is 31.8 Å². The van der Waals surface area contributed by atoms with Crippen molar-refractivity contribution in [2.24, 2.45) is 7.05 Å². The number of methoxy groups -OCH3 is 1. The van der Waals surface area contributed by atoms with Gasteiger partial charge in [0.05, 0.1) is 12.7 Å². The van der Waals surface area contributed by atoms with Crippen molar-refractivity contribution in [2.45, 2.75) is 4.90 Å². The Labute approximate surface area is 157 Å². The first kappa shape index (κ1) is 18.1. The van der Waals surface area contributed by atoms with Crippen LogP contribution in [0.15, 0.2) is 53.7 Å². The summed E-state index contributed by atoms with van der Waals surface area (Å²) in [5.41, 5.74) is 0.715. The predicted octanol–water partition coefficient (Wildman–Crippen LogP) is 2.60. The van der Waals surface area contributed by atoms with Crippen molar-refractivity contribution >= 4 is 28.5 Å². The summed E-state index contributed by atoms with van der Waals surface area (Å²) in [6.07, 6.45) is 3.10. The second-order valence-electron chi connectivity index (χ2n) is 5.25. The van der Waals surface area contributed by atoms with Crippen molar-refractivity contribution in [3.8, 4) is 17.1 Å². The minimum absolute atomic E-state index is 0.116. The van der Waals surface area contributed by atoms with Crippen molar-refractivity contribution in [3.63, 3.8) is 0 Å². The summed E-state index contributed by atoms with van der Waals surface area (Å²) in [5.74, 6) is 0.336. The fraction of sp³-hybridized carbons (Fsp3) is 0.118. The number of para-hydroxylation sites is 1. The van der Waals surface area contributed by atoms with Gasteiger partial charge in [-0.2, -0.15) is 0 Å². The highest BCUT2D eigenvalue weighted by Gasteiger charge is 2.19. The molecule has 0 aliphatic carbocycles. The highest BCUT2D eigenvalue weighted by molar-refractivity contribution is 7.83. The molecule has 0 aliphatic heterocycles. The molecule has 9 heteroatoms. The van der Waals surface area contributed by atoms with Crippen molar-refractivity contribution in [1.82, 2.24) is 19.3 Å². The minimum Gasteiger partial charge on any atom is -0.495 e. The molecule has 0 radical (unpaired) electrons. The number of hydrogen-bond acceptors (Lipinski definition) is 5. The number of aromatic nitrogens is 3. The summed E-state index contributed by atoms with van der Waals surface area (Å²) in [6, 6.07) is 10.2. The Morgan fingerprint density at radius 1 is 1.27 bits per heavy atom. The monoisotopic (exact) mass is 390 g/mol. The lowest BCUT2D eigenvalue weighted by atomic mass is 10.3. The van der Waals surface area contributed by atoms with Crippen LogP contribution >= 0.6 is 11.6 Å². The summed E-state index contributed by atoms with van der Waals surface area (Å²) in [6.45, 7) is 0. The number of halogens is 1. The van der Waals surface area contributed by atoms with E-state index in [1.807, 2.05) is 0 Å². The lowest BCUT2D eigenvalue weighted by Crippen LogP contribution is -2.26. The van der Waals surface area contributed by atoms with Crippen LogP contribution in [0.25, 0.3) is 11.4 Å². The molecule has 0 fully saturated rings. The molecule has 7 nitrogen and oxygen atoms in total. The average molecular weight is 391 g/mol. The van der Waals surface area contributed by atoms with E-state index in [0.29, 0.717) is 22.0 Å². The number of benzene rings is 1. The standard InChI is InChI=1S/C17H15ClN4O3S/c1-22-10-12(20-16(22)11-6-5-9-19-15(11)18)17(23)21-26(24)14-8-4-3-7-13(14)25-2/h3-10H,1-2H3,(H,21,23). The third-order valence-electron chi connectivity index (χ3n) is 3.56. The number of pyridine rings is 1. The quantitative estimate of drug-likeness (QED) is 0.677. The van der Waals surface area contributed by atoms with Gasteiger partial charge in [0.15, 0.2) is 11.0 Å². The van der Waals surface area contributed by atoms with Crippen molar-refractivity contribution in [1.29, 1.82) is 0 Å². The number of aryl methyl sites for hydroxylation is 1. The van der Waals surface area contributed by atoms with Crippen molar-refractivity contribution in [3.05, 3.63) is 59.6 Å². The third-order valence-corrected chi connectivity index (χ3v) is 4.97. The molecule has 0 saturated carbocycles. The number of imidazole rings is 1. The van der Waals surface area contributed by atoms with Crippen LogP contribution in [-0.2, 0) is 18.0 Å². The second kappa shape index (κ2) is 7.67. The molecule has 1 aromatic carbocycles. The Kier molecular flexibility index (Phi) is 5.34. The van der Waals surface area contributed by atoms with Crippen LogP contribution in [0.1, 0.15) is 10.5 Å². The Morgan fingerprint density at radius 3 is 2.77 bits per heavy atom. The first-order valence-corrected chi connectivity index (χ1v) is 9.04. The first-order chi connectivity index (χ1) is 12.5. The molecule has 1 amide bonds. The van der Waals surface area contributed by atoms with E-state index in [1.54, 1.807) is 54.2 Å². The molecule has 2 aromatic heterocycles. The van der Waals surface area contributed by atoms with E-state index in [-0.39, 0.29) is 10.8 Å². The number of hydrogen-bond donors (Lipinski definition) is 1. The van der Waals surface area contributed by atoms with Crippen molar-refractivity contribution < 1.29 is 13.7 Å². The maximum atomic E-state index is 12.5. The van der Waals surface area contributed by atoms with E-state index in [4.69, 9.17) is 16.3 Å². The number of ether oxygens (including phenoxy) is 1. The van der Waals surface area contributed by atoms with Gasteiger partial charge in [-0.3, -0.25) is 9.52 Å². The molecule has 1 N–H and O–H groups in total. The van der Waals surface area contributed by atoms with E-state index in [0.717, 1.165) is 0 Å². The van der Waals surface area contributed by atoms with Gasteiger partial charge in [-0.15, -0.1) is 0 Å². The third kappa shape index (κ3) is 3.61. The molecule has 3 rings (SSSR count). The number of carbonyl (C=O) groups is 1. The molecule has 26 heavy (non-hydrogen) atoms. The molecule has 0 aliphatic rings. The van der Waals surface area contributed by atoms with E-state index in [2.05, 4.69) is 14.7 Å². The van der Waals surface area contributed by atoms with Crippen LogP contribution in [0.5, 0.6) is 5.75 Å². The largest absolute Gasteiger partial charge is 0.495 e. The fourth-order valence-electron chi connectivity index (χ4n) is 2.34. The molecule has 1 unspecified atom stereocenters. The van der Waals surface area contributed by atoms with Crippen LogP contribution in [0, 0.1) is 0 Å². The number of carbonyl (C=O) groups excluding carboxylic acids is 1. The maximum absolute atomic E-state index is 12.5. The average Bonchev–Trinajstić information content (AvgIpc) is 3.03. The van der Waals surface area contributed by atoms with Gasteiger partial charge in [0.25, 0.3) is 5.91 Å². The molecule has 0 saturated heterocycles. The topological polar surface area (TPSA) is 86.1 Å². The van der Waals surface area contributed by atoms with E-state index in [9.17, 15) is 9.00 Å². The Morgan fingerprint density at radius 2 is 2.04 bits per heavy atom. The van der Waals surface area contributed by atoms with Gasteiger partial charge in [0.2, 0.25) is 0 Å². The zero-order valence-corrected chi connectivity index (χ0v) is 15.5. The number of nitrogens with zero attached hydrogens (tertiary/aromatic N) is 3. The molecule has 134 valence electrons. The smallest absolute Gasteiger partial charge is 0.283 e. The Balaban J connectivity index is 1.84. The molecule has 2 heterocycles. The molecule has 3 aromatic rings. The first-order valence-electron chi connectivity index (χ1n) is 7.51. The van der Waals surface area contributed by atoms with E-state index < -0.39 is 16.9 Å². The minimum atomic E-state index is -1.78. The van der Waals surface area contributed by atoms with Gasteiger partial charge in [0, 0.05) is 19.4 Å². The summed E-state index contributed by atoms with van der Waals surface area (Å²) < 4.78 is 21.7. The molecule has 0 spiro atoms. The number of nitrogens with one attached hydrogen (secondary N) is 1. The maximum Gasteiger partial charge on any atom is 0.283 e. The van der Waals surface area contributed by atoms with E-state index in [1.165, 1.54) is 13.3 Å². The normalized spacial score (nSPS) is 11.8. The molecule has 1 atom stereocenters. The van der Waals surface area contributed by atoms with Crippen LogP contribution in [0.4, 0.5) is 0 Å². The van der Waals surface area contributed by atoms with Gasteiger partial charge in [0.1, 0.15) is 27.3 Å².